The van der Waals surface area contributed by atoms with Crippen molar-refractivity contribution in [3.8, 4) is 11.5 Å². The Labute approximate surface area is 144 Å². The normalized spacial score (nSPS) is 11.1. The van der Waals surface area contributed by atoms with Gasteiger partial charge in [-0.15, -0.1) is 0 Å². The van der Waals surface area contributed by atoms with Crippen molar-refractivity contribution in [2.24, 2.45) is 5.10 Å². The summed E-state index contributed by atoms with van der Waals surface area (Å²) in [5.41, 5.74) is 4.68. The van der Waals surface area contributed by atoms with E-state index >= 15 is 0 Å². The molecule has 0 aliphatic rings. The van der Waals surface area contributed by atoms with E-state index in [9.17, 15) is 4.79 Å². The van der Waals surface area contributed by atoms with Crippen molar-refractivity contribution in [1.82, 2.24) is 0 Å². The number of carboxylic acids is 1. The summed E-state index contributed by atoms with van der Waals surface area (Å²) in [6.07, 6.45) is 0. The molecule has 7 heteroatoms. The number of hydrazone groups is 1. The second kappa shape index (κ2) is 7.70. The zero-order valence-electron chi connectivity index (χ0n) is 13.5. The molecule has 2 N–H and O–H groups in total. The maximum Gasteiger partial charge on any atom is 0.335 e. The lowest BCUT2D eigenvalue weighted by atomic mass is 10.1. The maximum absolute atomic E-state index is 11.0. The third-order valence-corrected chi connectivity index (χ3v) is 3.68. The summed E-state index contributed by atoms with van der Waals surface area (Å²) in [4.78, 5) is 11.0. The summed E-state index contributed by atoms with van der Waals surface area (Å²) in [5.74, 6) is 0.278. The van der Waals surface area contributed by atoms with Crippen molar-refractivity contribution in [2.45, 2.75) is 6.92 Å². The molecule has 0 aliphatic carbocycles. The molecular weight excluding hydrogens is 332 g/mol. The molecule has 0 saturated heterocycles. The standard InChI is InChI=1S/C17H17ClN2O4/c1-10(13-9-12(23-2)5-7-16(13)24-3)19-20-15-8-11(17(21)22)4-6-14(15)18/h4-9,20H,1-3H3,(H,21,22)/b19-10-. The highest BCUT2D eigenvalue weighted by atomic mass is 35.5. The lowest BCUT2D eigenvalue weighted by molar-refractivity contribution is 0.0697. The quantitative estimate of drug-likeness (QED) is 0.611. The summed E-state index contributed by atoms with van der Waals surface area (Å²) in [6.45, 7) is 1.79. The van der Waals surface area contributed by atoms with E-state index in [4.69, 9.17) is 26.2 Å². The number of ether oxygens (including phenoxy) is 2. The zero-order valence-corrected chi connectivity index (χ0v) is 14.2. The average Bonchev–Trinajstić information content (AvgIpc) is 2.59. The molecule has 0 heterocycles. The number of nitrogens with zero attached hydrogens (tertiary/aromatic N) is 1. The molecular formula is C17H17ClN2O4. The molecule has 6 nitrogen and oxygen atoms in total. The molecule has 0 radical (unpaired) electrons. The van der Waals surface area contributed by atoms with Crippen LogP contribution < -0.4 is 14.9 Å². The molecule has 0 spiro atoms. The molecule has 126 valence electrons. The molecule has 0 unspecified atom stereocenters. The van der Waals surface area contributed by atoms with Crippen LogP contribution in [0.2, 0.25) is 5.02 Å². The van der Waals surface area contributed by atoms with Crippen LogP contribution in [0.5, 0.6) is 11.5 Å². The summed E-state index contributed by atoms with van der Waals surface area (Å²) in [7, 11) is 3.15. The molecule has 0 amide bonds. The van der Waals surface area contributed by atoms with E-state index in [-0.39, 0.29) is 5.56 Å². The highest BCUT2D eigenvalue weighted by molar-refractivity contribution is 6.33. The number of benzene rings is 2. The van der Waals surface area contributed by atoms with Gasteiger partial charge in [0.2, 0.25) is 0 Å². The van der Waals surface area contributed by atoms with Gasteiger partial charge in [-0.2, -0.15) is 5.10 Å². The van der Waals surface area contributed by atoms with E-state index in [0.29, 0.717) is 27.9 Å². The smallest absolute Gasteiger partial charge is 0.335 e. The number of nitrogens with one attached hydrogen (secondary N) is 1. The van der Waals surface area contributed by atoms with Crippen molar-refractivity contribution in [3.63, 3.8) is 0 Å². The second-order valence-electron chi connectivity index (χ2n) is 4.88. The van der Waals surface area contributed by atoms with Crippen LogP contribution in [0.4, 0.5) is 5.69 Å². The predicted octanol–water partition coefficient (Wildman–Crippen LogP) is 3.89. The van der Waals surface area contributed by atoms with Gasteiger partial charge in [-0.05, 0) is 43.3 Å². The fourth-order valence-electron chi connectivity index (χ4n) is 2.05. The number of carboxylic acid groups (broad SMARTS) is 1. The Hall–Kier alpha value is -2.73. The van der Waals surface area contributed by atoms with E-state index in [0.717, 1.165) is 5.56 Å². The number of hydrogen-bond donors (Lipinski definition) is 2. The monoisotopic (exact) mass is 348 g/mol. The number of carbonyl (C=O) groups is 1. The first-order chi connectivity index (χ1) is 11.5. The van der Waals surface area contributed by atoms with Crippen molar-refractivity contribution in [3.05, 3.63) is 52.5 Å². The summed E-state index contributed by atoms with van der Waals surface area (Å²) in [6, 6.07) is 9.72. The minimum absolute atomic E-state index is 0.119. The molecule has 0 atom stereocenters. The molecule has 0 aromatic heterocycles. The number of hydrogen-bond acceptors (Lipinski definition) is 5. The largest absolute Gasteiger partial charge is 0.497 e. The molecule has 2 aromatic carbocycles. The van der Waals surface area contributed by atoms with Crippen molar-refractivity contribution < 1.29 is 19.4 Å². The first-order valence-electron chi connectivity index (χ1n) is 7.01. The van der Waals surface area contributed by atoms with Crippen LogP contribution in [0.3, 0.4) is 0 Å². The molecule has 2 aromatic rings. The third kappa shape index (κ3) is 3.97. The average molecular weight is 349 g/mol. The second-order valence-corrected chi connectivity index (χ2v) is 5.28. The van der Waals surface area contributed by atoms with E-state index in [1.807, 2.05) is 0 Å². The number of anilines is 1. The van der Waals surface area contributed by atoms with E-state index in [1.54, 1.807) is 39.3 Å². The van der Waals surface area contributed by atoms with Crippen LogP contribution in [0, 0.1) is 0 Å². The van der Waals surface area contributed by atoms with Crippen molar-refractivity contribution in [1.29, 1.82) is 0 Å². The Morgan fingerprint density at radius 2 is 1.92 bits per heavy atom. The first-order valence-corrected chi connectivity index (χ1v) is 7.39. The van der Waals surface area contributed by atoms with Gasteiger partial charge >= 0.3 is 5.97 Å². The van der Waals surface area contributed by atoms with Crippen LogP contribution in [0.15, 0.2) is 41.5 Å². The SMILES string of the molecule is COc1ccc(OC)c(/C(C)=N\Nc2cc(C(=O)O)ccc2Cl)c1. The molecule has 0 saturated carbocycles. The number of rotatable bonds is 6. The predicted molar refractivity (Wildman–Crippen MR) is 93.8 cm³/mol. The van der Waals surface area contributed by atoms with Gasteiger partial charge in [0.25, 0.3) is 0 Å². The van der Waals surface area contributed by atoms with Gasteiger partial charge < -0.3 is 14.6 Å². The highest BCUT2D eigenvalue weighted by Gasteiger charge is 2.10. The minimum atomic E-state index is -1.04. The van der Waals surface area contributed by atoms with Crippen LogP contribution in [-0.4, -0.2) is 31.0 Å². The number of halogens is 1. The topological polar surface area (TPSA) is 80.2 Å². The van der Waals surface area contributed by atoms with Gasteiger partial charge in [-0.25, -0.2) is 4.79 Å². The van der Waals surface area contributed by atoms with Gasteiger partial charge in [0, 0.05) is 5.56 Å². The zero-order chi connectivity index (χ0) is 17.7. The Balaban J connectivity index is 2.32. The van der Waals surface area contributed by atoms with E-state index < -0.39 is 5.97 Å². The first kappa shape index (κ1) is 17.6. The molecule has 0 fully saturated rings. The van der Waals surface area contributed by atoms with Crippen molar-refractivity contribution >= 4 is 29.0 Å². The van der Waals surface area contributed by atoms with Gasteiger partial charge in [0.1, 0.15) is 11.5 Å². The molecule has 24 heavy (non-hydrogen) atoms. The van der Waals surface area contributed by atoms with E-state index in [1.165, 1.54) is 18.2 Å². The third-order valence-electron chi connectivity index (χ3n) is 3.35. The van der Waals surface area contributed by atoms with Crippen LogP contribution in [0.1, 0.15) is 22.8 Å². The maximum atomic E-state index is 11.0. The van der Waals surface area contributed by atoms with Gasteiger partial charge in [-0.1, -0.05) is 11.6 Å². The van der Waals surface area contributed by atoms with Gasteiger partial charge in [0.15, 0.2) is 0 Å². The number of methoxy groups -OCH3 is 2. The molecule has 2 rings (SSSR count). The Kier molecular flexibility index (Phi) is 5.65. The molecule has 0 bridgehead atoms. The molecule has 0 aliphatic heterocycles. The van der Waals surface area contributed by atoms with Crippen LogP contribution in [0.25, 0.3) is 0 Å². The van der Waals surface area contributed by atoms with Crippen molar-refractivity contribution in [2.75, 3.05) is 19.6 Å². The summed E-state index contributed by atoms with van der Waals surface area (Å²) in [5, 5.41) is 13.7. The Morgan fingerprint density at radius 3 is 2.54 bits per heavy atom. The summed E-state index contributed by atoms with van der Waals surface area (Å²) >= 11 is 6.07. The lowest BCUT2D eigenvalue weighted by Gasteiger charge is -2.11. The Bertz CT molecular complexity index is 790. The fourth-order valence-corrected chi connectivity index (χ4v) is 2.20. The minimum Gasteiger partial charge on any atom is -0.497 e. The van der Waals surface area contributed by atoms with Crippen LogP contribution in [-0.2, 0) is 0 Å². The summed E-state index contributed by atoms with van der Waals surface area (Å²) < 4.78 is 10.5. The highest BCUT2D eigenvalue weighted by Crippen LogP contribution is 2.26. The van der Waals surface area contributed by atoms with Gasteiger partial charge in [0.05, 0.1) is 36.2 Å². The van der Waals surface area contributed by atoms with E-state index in [2.05, 4.69) is 10.5 Å². The Morgan fingerprint density at radius 1 is 1.17 bits per heavy atom. The lowest BCUT2D eigenvalue weighted by Crippen LogP contribution is -2.04. The van der Waals surface area contributed by atoms with Gasteiger partial charge in [-0.3, -0.25) is 5.43 Å². The van der Waals surface area contributed by atoms with Crippen LogP contribution >= 0.6 is 11.6 Å². The number of aromatic carboxylic acids is 1. The fraction of sp³-hybridized carbons (Fsp3) is 0.176.